The molecule has 1 N–H and O–H groups in total. The van der Waals surface area contributed by atoms with Crippen molar-refractivity contribution in [2.45, 2.75) is 37.8 Å². The van der Waals surface area contributed by atoms with Crippen LogP contribution in [0.3, 0.4) is 0 Å². The minimum absolute atomic E-state index is 0.0740. The van der Waals surface area contributed by atoms with Crippen molar-refractivity contribution < 1.29 is 45.7 Å². The topological polar surface area (TPSA) is 158 Å². The van der Waals surface area contributed by atoms with Crippen molar-refractivity contribution in [3.05, 3.63) is 71.1 Å². The molecule has 1 saturated heterocycles. The Morgan fingerprint density at radius 1 is 1.16 bits per heavy atom. The number of carbonyl (C=O) groups is 2. The van der Waals surface area contributed by atoms with Crippen molar-refractivity contribution in [2.75, 3.05) is 19.9 Å². The van der Waals surface area contributed by atoms with Crippen molar-refractivity contribution in [3.8, 4) is 16.9 Å². The molecule has 1 amide bonds. The van der Waals surface area contributed by atoms with E-state index >= 15 is 0 Å². The highest BCUT2D eigenvalue weighted by atomic mass is 32.2. The molecule has 230 valence electrons. The van der Waals surface area contributed by atoms with Crippen LogP contribution in [0.15, 0.2) is 64.8 Å². The summed E-state index contributed by atoms with van der Waals surface area (Å²) in [6, 6.07) is 12.5. The fraction of sp³-hybridized carbons (Fsp3) is 0.346. The minimum Gasteiger partial charge on any atom is -0.569 e. The van der Waals surface area contributed by atoms with Crippen LogP contribution >= 0.6 is 0 Å². The number of amides is 1. The van der Waals surface area contributed by atoms with Crippen molar-refractivity contribution >= 4 is 21.9 Å². The van der Waals surface area contributed by atoms with Gasteiger partial charge in [-0.05, 0) is 43.7 Å². The summed E-state index contributed by atoms with van der Waals surface area (Å²) in [5.74, 6) is -2.28. The van der Waals surface area contributed by atoms with E-state index in [0.717, 1.165) is 33.5 Å². The number of esters is 1. The van der Waals surface area contributed by atoms with Crippen LogP contribution in [0.5, 0.6) is 0 Å². The standard InChI is InChI=1S/C26H27F3N6O7S/c1-3-24(36)41-16-42-32-35(38)33-13-12-19(15-33)25(37)31-43(39,40)21-10-8-20(9-11-21)34-22(14-23(30-34)26(27,28)29)18-6-4-17(2)5-7-18/h4-11,14,19H,3,12-13,15-16H2,1-2H3,(H,31,37). The summed E-state index contributed by atoms with van der Waals surface area (Å²) in [6.07, 6.45) is -4.45. The van der Waals surface area contributed by atoms with E-state index in [4.69, 9.17) is 0 Å². The lowest BCUT2D eigenvalue weighted by molar-refractivity contribution is -0.708. The molecule has 0 bridgehead atoms. The number of aryl methyl sites for hydroxylation is 1. The number of aromatic nitrogens is 2. The Bertz CT molecular complexity index is 1610. The quantitative estimate of drug-likeness (QED) is 0.0886. The predicted molar refractivity (Wildman–Crippen MR) is 142 cm³/mol. The smallest absolute Gasteiger partial charge is 0.435 e. The van der Waals surface area contributed by atoms with E-state index in [1.54, 1.807) is 31.2 Å². The van der Waals surface area contributed by atoms with E-state index in [2.05, 4.69) is 20.0 Å². The number of sulfonamides is 1. The van der Waals surface area contributed by atoms with Crippen molar-refractivity contribution in [1.29, 1.82) is 0 Å². The SMILES string of the molecule is CCC(=O)OCON=[N+]([O-])N1CCC(C(=O)NS(=O)(=O)c2ccc(-n3nc(C(F)(F)F)cc3-c3ccc(C)cc3)cc2)C1. The molecule has 2 aromatic carbocycles. The second kappa shape index (κ2) is 12.7. The van der Waals surface area contributed by atoms with E-state index in [1.165, 1.54) is 12.1 Å². The number of nitrogens with zero attached hydrogens (tertiary/aromatic N) is 5. The first kappa shape index (κ1) is 31.3. The molecule has 43 heavy (non-hydrogen) atoms. The fourth-order valence-corrected chi connectivity index (χ4v) is 5.16. The van der Waals surface area contributed by atoms with Gasteiger partial charge in [-0.1, -0.05) is 36.8 Å². The zero-order chi connectivity index (χ0) is 31.4. The number of benzene rings is 2. The van der Waals surface area contributed by atoms with Gasteiger partial charge in [-0.3, -0.25) is 9.59 Å². The first-order valence-electron chi connectivity index (χ1n) is 12.9. The highest BCUT2D eigenvalue weighted by Gasteiger charge is 2.36. The first-order valence-corrected chi connectivity index (χ1v) is 14.4. The summed E-state index contributed by atoms with van der Waals surface area (Å²) in [7, 11) is -4.36. The molecule has 0 radical (unpaired) electrons. The van der Waals surface area contributed by atoms with Crippen LogP contribution in [-0.4, -0.2) is 59.9 Å². The van der Waals surface area contributed by atoms with Crippen LogP contribution < -0.4 is 4.72 Å². The molecule has 0 aliphatic carbocycles. The third kappa shape index (κ3) is 7.59. The summed E-state index contributed by atoms with van der Waals surface area (Å²) in [4.78, 5) is 28.1. The van der Waals surface area contributed by atoms with Crippen LogP contribution in [-0.2, 0) is 35.4 Å². The van der Waals surface area contributed by atoms with Gasteiger partial charge in [0.05, 0.1) is 40.3 Å². The van der Waals surface area contributed by atoms with Crippen molar-refractivity contribution in [3.63, 3.8) is 0 Å². The molecule has 1 unspecified atom stereocenters. The van der Waals surface area contributed by atoms with Crippen LogP contribution in [0.2, 0.25) is 0 Å². The van der Waals surface area contributed by atoms with Crippen LogP contribution in [0, 0.1) is 18.0 Å². The van der Waals surface area contributed by atoms with Gasteiger partial charge >= 0.3 is 12.1 Å². The summed E-state index contributed by atoms with van der Waals surface area (Å²) < 4.78 is 73.9. The molecular formula is C26H27F3N6O7S. The maximum Gasteiger partial charge on any atom is 0.435 e. The van der Waals surface area contributed by atoms with Crippen LogP contribution in [0.25, 0.3) is 16.9 Å². The minimum atomic E-state index is -4.71. The highest BCUT2D eigenvalue weighted by molar-refractivity contribution is 7.90. The van der Waals surface area contributed by atoms with Gasteiger partial charge in [0.25, 0.3) is 16.8 Å². The number of rotatable bonds is 10. The van der Waals surface area contributed by atoms with Crippen molar-refractivity contribution in [2.24, 2.45) is 11.2 Å². The van der Waals surface area contributed by atoms with Crippen LogP contribution in [0.1, 0.15) is 31.0 Å². The molecule has 1 aromatic heterocycles. The molecule has 1 fully saturated rings. The molecule has 1 atom stereocenters. The maximum atomic E-state index is 13.5. The molecule has 3 aromatic rings. The summed E-state index contributed by atoms with van der Waals surface area (Å²) in [5, 5.41) is 20.1. The normalized spacial score (nSPS) is 15.8. The second-order valence-electron chi connectivity index (χ2n) is 9.50. The van der Waals surface area contributed by atoms with Gasteiger partial charge in [0, 0.05) is 12.0 Å². The average molecular weight is 625 g/mol. The number of hydrogen-bond acceptors (Lipinski definition) is 9. The Morgan fingerprint density at radius 3 is 2.47 bits per heavy atom. The number of carbonyl (C=O) groups excluding carboxylic acids is 2. The lowest BCUT2D eigenvalue weighted by Crippen LogP contribution is -2.37. The van der Waals surface area contributed by atoms with E-state index < -0.39 is 46.5 Å². The van der Waals surface area contributed by atoms with Gasteiger partial charge in [-0.25, -0.2) is 17.8 Å². The largest absolute Gasteiger partial charge is 0.569 e. The van der Waals surface area contributed by atoms with Gasteiger partial charge in [0.2, 0.25) is 11.2 Å². The van der Waals surface area contributed by atoms with Gasteiger partial charge in [0.15, 0.2) is 5.69 Å². The Labute approximate surface area is 244 Å². The molecule has 0 spiro atoms. The zero-order valence-corrected chi connectivity index (χ0v) is 23.8. The van der Waals surface area contributed by atoms with Gasteiger partial charge in [0.1, 0.15) is 0 Å². The van der Waals surface area contributed by atoms with Crippen LogP contribution in [0.4, 0.5) is 13.2 Å². The number of ether oxygens (including phenoxy) is 1. The maximum absolute atomic E-state index is 13.5. The first-order chi connectivity index (χ1) is 20.3. The number of nitrogens with one attached hydrogen (secondary N) is 1. The third-order valence-corrected chi connectivity index (χ3v) is 7.80. The molecule has 17 heteroatoms. The van der Waals surface area contributed by atoms with E-state index in [1.807, 2.05) is 11.6 Å². The Morgan fingerprint density at radius 2 is 1.84 bits per heavy atom. The predicted octanol–water partition coefficient (Wildman–Crippen LogP) is 3.71. The average Bonchev–Trinajstić information content (AvgIpc) is 3.64. The van der Waals surface area contributed by atoms with Gasteiger partial charge in [-0.15, -0.1) is 5.01 Å². The third-order valence-electron chi connectivity index (χ3n) is 6.44. The van der Waals surface area contributed by atoms with E-state index in [0.29, 0.717) is 5.56 Å². The summed E-state index contributed by atoms with van der Waals surface area (Å²) in [5.41, 5.74) is 0.573. The molecule has 4 rings (SSSR count). The van der Waals surface area contributed by atoms with Gasteiger partial charge < -0.3 is 14.8 Å². The monoisotopic (exact) mass is 624 g/mol. The lowest BCUT2D eigenvalue weighted by Gasteiger charge is -2.13. The molecule has 2 heterocycles. The summed E-state index contributed by atoms with van der Waals surface area (Å²) >= 11 is 0. The lowest BCUT2D eigenvalue weighted by atomic mass is 10.1. The number of halogens is 3. The number of hydrogen-bond donors (Lipinski definition) is 1. The molecule has 13 nitrogen and oxygen atoms in total. The number of hydrazine groups is 1. The molecule has 1 aliphatic heterocycles. The van der Waals surface area contributed by atoms with E-state index in [-0.39, 0.29) is 47.2 Å². The molecular weight excluding hydrogens is 597 g/mol. The Hall–Kier alpha value is -4.67. The fourth-order valence-electron chi connectivity index (χ4n) is 4.12. The van der Waals surface area contributed by atoms with Gasteiger partial charge in [-0.2, -0.15) is 18.3 Å². The second-order valence-corrected chi connectivity index (χ2v) is 11.2. The zero-order valence-electron chi connectivity index (χ0n) is 22.9. The Balaban J connectivity index is 1.44. The van der Waals surface area contributed by atoms with E-state index in [9.17, 15) is 36.4 Å². The highest BCUT2D eigenvalue weighted by Crippen LogP contribution is 2.33. The molecule has 0 saturated carbocycles. The molecule has 1 aliphatic rings. The Kier molecular flexibility index (Phi) is 9.22. The van der Waals surface area contributed by atoms with Crippen molar-refractivity contribution in [1.82, 2.24) is 19.5 Å². The summed E-state index contributed by atoms with van der Waals surface area (Å²) in [6.45, 7) is 2.75. The number of alkyl halides is 3.